The minimum Gasteiger partial charge on any atom is -0.396 e. The van der Waals surface area contributed by atoms with Crippen molar-refractivity contribution in [3.8, 4) is 0 Å². The lowest BCUT2D eigenvalue weighted by Crippen LogP contribution is -2.52. The van der Waals surface area contributed by atoms with E-state index < -0.39 is 5.60 Å². The molecule has 7 fully saturated rings. The highest BCUT2D eigenvalue weighted by Gasteiger charge is 2.65. The summed E-state index contributed by atoms with van der Waals surface area (Å²) in [5.41, 5.74) is -0.446. The van der Waals surface area contributed by atoms with Crippen LogP contribution in [0.1, 0.15) is 266 Å². The molecule has 0 radical (unpaired) electrons. The summed E-state index contributed by atoms with van der Waals surface area (Å²) >= 11 is 0. The third kappa shape index (κ3) is 38.5. The van der Waals surface area contributed by atoms with E-state index in [0.717, 1.165) is 38.5 Å². The summed E-state index contributed by atoms with van der Waals surface area (Å²) in [7, 11) is 1.67. The summed E-state index contributed by atoms with van der Waals surface area (Å²) in [4.78, 5) is 0. The minimum absolute atomic E-state index is 0.00336. The summed E-state index contributed by atoms with van der Waals surface area (Å²) in [5.74, 6) is 0. The van der Waals surface area contributed by atoms with Crippen molar-refractivity contribution in [2.45, 2.75) is 491 Å². The molecule has 0 aliphatic carbocycles. The van der Waals surface area contributed by atoms with Crippen molar-refractivity contribution in [3.63, 3.8) is 0 Å². The van der Waals surface area contributed by atoms with Crippen LogP contribution in [0.2, 0.25) is 0 Å². The predicted octanol–water partition coefficient (Wildman–Crippen LogP) is 15.1. The first-order valence-corrected chi connectivity index (χ1v) is 42.5. The van der Waals surface area contributed by atoms with Gasteiger partial charge in [-0.25, -0.2) is 0 Å². The third-order valence-corrected chi connectivity index (χ3v) is 18.9. The summed E-state index contributed by atoms with van der Waals surface area (Å²) in [6.07, 6.45) is 13.2. The van der Waals surface area contributed by atoms with Crippen LogP contribution in [0.5, 0.6) is 0 Å². The molecule has 2 bridgehead atoms. The van der Waals surface area contributed by atoms with Crippen LogP contribution >= 0.6 is 0 Å². The molecule has 2 N–H and O–H groups in total. The molecule has 0 aromatic carbocycles. The highest BCUT2D eigenvalue weighted by atomic mass is 16.7. The maximum atomic E-state index is 9.17. The van der Waals surface area contributed by atoms with E-state index in [-0.39, 0.29) is 233 Å². The zero-order valence-corrected chi connectivity index (χ0v) is 75.2. The Balaban J connectivity index is 0.000000448. The second-order valence-electron chi connectivity index (χ2n) is 34.2. The maximum Gasteiger partial charge on any atom is 0.146 e. The Hall–Kier alpha value is -1.44. The van der Waals surface area contributed by atoms with Crippen LogP contribution in [0, 0.1) is 0 Å². The number of hydrogen-bond donors (Lipinski definition) is 2. The summed E-state index contributed by atoms with van der Waals surface area (Å²) < 4.78 is 124. The molecule has 23 heteroatoms. The SMILES string of the molecule is C=CC[C@@H](OC(C)C)[C@H]1O[C@@H](C)C[C@@H]1OC(C)C.C=CC[C@H](OC(C)C)[C@H]1O[C@@H](C)C[C@@H]1OC(C)C.CC(C)OC[C@]12O[C@@H](C)C(O[C@H]1C)[C@@H]2OC(C)C.CC(C)O[C@@H](CCO)[C@H]1O[C@@H](C)C[C@@H]1OC(C)C.CC(C)O[C@H]1C[C@H](C)O[C@@H]1[C@@H](CCO)OC(C)C.COCCO[C@@H]1[C@H](OC(C)C)[C@@H](COC(C)C)O[C@H]1C. The summed E-state index contributed by atoms with van der Waals surface area (Å²) in [6, 6.07) is 0. The Morgan fingerprint density at radius 3 is 1.05 bits per heavy atom. The van der Waals surface area contributed by atoms with Gasteiger partial charge in [0, 0.05) is 46.0 Å². The van der Waals surface area contributed by atoms with Gasteiger partial charge < -0.3 is 110 Å². The van der Waals surface area contributed by atoms with Crippen molar-refractivity contribution in [2.24, 2.45) is 0 Å². The molecule has 7 aliphatic rings. The van der Waals surface area contributed by atoms with E-state index >= 15 is 0 Å². The first-order valence-electron chi connectivity index (χ1n) is 42.5. The fourth-order valence-electron chi connectivity index (χ4n) is 15.1. The van der Waals surface area contributed by atoms with E-state index in [2.05, 4.69) is 68.5 Å². The normalized spacial score (nSPS) is 32.4. The van der Waals surface area contributed by atoms with Gasteiger partial charge in [0.15, 0.2) is 0 Å². The van der Waals surface area contributed by atoms with Gasteiger partial charge in [-0.1, -0.05) is 12.2 Å². The molecule has 0 aromatic rings. The fourth-order valence-corrected chi connectivity index (χ4v) is 15.1. The molecular weight excluding hydrogens is 1410 g/mol. The van der Waals surface area contributed by atoms with Crippen LogP contribution in [0.25, 0.3) is 0 Å². The Labute approximate surface area is 670 Å². The molecular formula is C87H168O23. The number of fused-ring (bicyclic) bond motifs is 2. The van der Waals surface area contributed by atoms with Gasteiger partial charge in [0.05, 0.1) is 191 Å². The number of hydrogen-bond acceptors (Lipinski definition) is 23. The highest BCUT2D eigenvalue weighted by Crippen LogP contribution is 2.47. The van der Waals surface area contributed by atoms with Crippen molar-refractivity contribution in [1.82, 2.24) is 0 Å². The van der Waals surface area contributed by atoms with Crippen LogP contribution in [0.3, 0.4) is 0 Å². The quantitative estimate of drug-likeness (QED) is 0.0427. The molecule has 7 saturated heterocycles. The number of rotatable bonds is 42. The molecule has 25 atom stereocenters. The molecule has 110 heavy (non-hydrogen) atoms. The standard InChI is InChI=1S/C15H30O5.2C15H28O3.C14H26O4.2C14H28O4/c1-10(2)18-9-13-15(19-11(3)4)14(12(5)20-13)17-8-7-16-6;2*1-7-8-13(16-10(2)3)15-14(17-11(4)5)9-12(6)18-15;1-8(2)15-7-14-11(6)17-12(10(5)18-14)13(14)16-9(3)4;2*1-9(2)16-12(6-7-15)14-13(17-10(3)4)8-11(5)18-14/h10-15H,7-9H2,1-6H3;2*7,10-15H,1,8-9H2,2-6H3;8-13H,7H2,1-6H3;2*9-15H,6-8H2,1-5H3/t2*12-,13+,14-,15+;12-,13-,14-,15+;10-,11-,12?,13-,14-;11-,12+,13-,14+;11-,12-,13-,14+/m000000/s1. The topological polar surface area (TPSA) is 234 Å². The van der Waals surface area contributed by atoms with Gasteiger partial charge in [-0.05, 0) is 240 Å². The van der Waals surface area contributed by atoms with Gasteiger partial charge >= 0.3 is 0 Å². The van der Waals surface area contributed by atoms with E-state index in [9.17, 15) is 0 Å². The zero-order chi connectivity index (χ0) is 83.4. The second-order valence-corrected chi connectivity index (χ2v) is 34.2. The van der Waals surface area contributed by atoms with Crippen molar-refractivity contribution in [1.29, 1.82) is 0 Å². The second kappa shape index (κ2) is 54.6. The lowest BCUT2D eigenvalue weighted by atomic mass is 9.93. The first-order chi connectivity index (χ1) is 51.6. The number of ether oxygens (including phenoxy) is 21. The number of aliphatic hydroxyl groups excluding tert-OH is 2. The monoisotopic (exact) mass is 1580 g/mol. The molecule has 7 aliphatic heterocycles. The Kier molecular flexibility index (Phi) is 51.9. The number of methoxy groups -OCH3 is 1. The Morgan fingerprint density at radius 1 is 0.391 bits per heavy atom. The lowest BCUT2D eigenvalue weighted by molar-refractivity contribution is -0.204. The van der Waals surface area contributed by atoms with Gasteiger partial charge in [0.2, 0.25) is 0 Å². The van der Waals surface area contributed by atoms with Crippen molar-refractivity contribution < 1.29 is 110 Å². The smallest absolute Gasteiger partial charge is 0.146 e. The minimum atomic E-state index is -0.446. The first kappa shape index (κ1) is 105. The molecule has 1 unspecified atom stereocenters. The van der Waals surface area contributed by atoms with Crippen LogP contribution in [0.15, 0.2) is 25.3 Å². The van der Waals surface area contributed by atoms with Gasteiger partial charge in [-0.15, -0.1) is 13.2 Å². The average molecular weight is 1580 g/mol. The lowest BCUT2D eigenvalue weighted by Gasteiger charge is -2.36. The van der Waals surface area contributed by atoms with E-state index in [4.69, 9.17) is 110 Å². The molecule has 0 amide bonds. The van der Waals surface area contributed by atoms with Gasteiger partial charge in [-0.3, -0.25) is 0 Å². The number of aliphatic hydroxyl groups is 2. The molecule has 0 saturated carbocycles. The molecule has 7 heterocycles. The predicted molar refractivity (Wildman–Crippen MR) is 435 cm³/mol. The molecule has 0 spiro atoms. The summed E-state index contributed by atoms with van der Waals surface area (Å²) in [5, 5.41) is 18.3. The molecule has 23 nitrogen and oxygen atoms in total. The van der Waals surface area contributed by atoms with Crippen molar-refractivity contribution in [3.05, 3.63) is 25.3 Å². The van der Waals surface area contributed by atoms with Crippen molar-refractivity contribution >= 4 is 0 Å². The van der Waals surface area contributed by atoms with E-state index in [1.165, 1.54) is 0 Å². The van der Waals surface area contributed by atoms with E-state index in [1.54, 1.807) is 7.11 Å². The van der Waals surface area contributed by atoms with Gasteiger partial charge in [0.25, 0.3) is 0 Å². The van der Waals surface area contributed by atoms with Crippen LogP contribution in [-0.2, 0) is 99.5 Å². The third-order valence-electron chi connectivity index (χ3n) is 18.9. The summed E-state index contributed by atoms with van der Waals surface area (Å²) in [6.45, 7) is 73.2. The largest absolute Gasteiger partial charge is 0.396 e. The highest BCUT2D eigenvalue weighted by molar-refractivity contribution is 5.12. The molecule has 0 aromatic heterocycles. The van der Waals surface area contributed by atoms with Crippen LogP contribution in [-0.4, -0.2) is 282 Å². The van der Waals surface area contributed by atoms with Crippen molar-refractivity contribution in [2.75, 3.05) is 46.8 Å². The van der Waals surface area contributed by atoms with Gasteiger partial charge in [0.1, 0.15) is 60.5 Å². The maximum absolute atomic E-state index is 9.17. The molecule has 654 valence electrons. The zero-order valence-electron chi connectivity index (χ0n) is 75.2. The molecule has 7 rings (SSSR count). The Morgan fingerprint density at radius 2 is 0.736 bits per heavy atom. The van der Waals surface area contributed by atoms with E-state index in [0.29, 0.717) is 39.3 Å². The Bertz CT molecular complexity index is 2210. The van der Waals surface area contributed by atoms with E-state index in [1.807, 2.05) is 171 Å². The van der Waals surface area contributed by atoms with Crippen LogP contribution in [0.4, 0.5) is 0 Å². The fraction of sp³-hybridized carbons (Fsp3) is 0.954. The van der Waals surface area contributed by atoms with Crippen LogP contribution < -0.4 is 0 Å². The average Bonchev–Trinajstić information content (AvgIpc) is 1.57. The van der Waals surface area contributed by atoms with Gasteiger partial charge in [-0.2, -0.15) is 0 Å².